The third-order valence-electron chi connectivity index (χ3n) is 6.95. The van der Waals surface area contributed by atoms with Gasteiger partial charge in [-0.3, -0.25) is 4.79 Å². The Labute approximate surface area is 256 Å². The number of carbonyl (C=O) groups is 1. The number of rotatable bonds is 14. The lowest BCUT2D eigenvalue weighted by molar-refractivity contribution is -0.129. The number of halogens is 2. The molecule has 2 N–H and O–H groups in total. The van der Waals surface area contributed by atoms with E-state index in [0.29, 0.717) is 41.5 Å². The zero-order chi connectivity index (χ0) is 30.2. The highest BCUT2D eigenvalue weighted by molar-refractivity contribution is 7.91. The molecule has 0 aliphatic carbocycles. The molecule has 224 valence electrons. The van der Waals surface area contributed by atoms with Crippen molar-refractivity contribution in [3.05, 3.63) is 94.0 Å². The van der Waals surface area contributed by atoms with Gasteiger partial charge in [0.15, 0.2) is 21.5 Å². The van der Waals surface area contributed by atoms with Crippen molar-refractivity contribution in [2.75, 3.05) is 25.5 Å². The molecule has 0 saturated carbocycles. The molecule has 0 radical (unpaired) electrons. The lowest BCUT2D eigenvalue weighted by Crippen LogP contribution is -2.49. The highest BCUT2D eigenvalue weighted by Gasteiger charge is 2.54. The SMILES string of the molecule is CCCCNC(=O)[C@]1(CCS(=O)(=O)c2ccccc2)N=C(c2ccc(OCCCO)cc2)O[C@@H]1c1ccc(Cl)cc1Cl. The maximum absolute atomic E-state index is 14.0. The van der Waals surface area contributed by atoms with Gasteiger partial charge in [-0.1, -0.05) is 60.8 Å². The number of sulfone groups is 1. The Kier molecular flexibility index (Phi) is 10.9. The van der Waals surface area contributed by atoms with Gasteiger partial charge in [-0.25, -0.2) is 13.4 Å². The van der Waals surface area contributed by atoms with Crippen LogP contribution in [0.2, 0.25) is 10.0 Å². The highest BCUT2D eigenvalue weighted by atomic mass is 35.5. The molecular formula is C31H34Cl2N2O6S. The third-order valence-corrected chi connectivity index (χ3v) is 9.24. The summed E-state index contributed by atoms with van der Waals surface area (Å²) >= 11 is 12.8. The van der Waals surface area contributed by atoms with E-state index in [1.54, 1.807) is 60.7 Å². The first kappa shape index (κ1) is 31.8. The Morgan fingerprint density at radius 1 is 1.07 bits per heavy atom. The number of amides is 1. The van der Waals surface area contributed by atoms with E-state index in [4.69, 9.17) is 42.8 Å². The van der Waals surface area contributed by atoms with Crippen molar-refractivity contribution in [3.8, 4) is 5.75 Å². The van der Waals surface area contributed by atoms with E-state index >= 15 is 0 Å². The fourth-order valence-corrected chi connectivity index (χ4v) is 6.52. The maximum atomic E-state index is 14.0. The Balaban J connectivity index is 1.77. The minimum Gasteiger partial charge on any atom is -0.494 e. The molecule has 0 unspecified atom stereocenters. The van der Waals surface area contributed by atoms with Gasteiger partial charge in [-0.15, -0.1) is 0 Å². The minimum atomic E-state index is -3.76. The number of benzene rings is 3. The van der Waals surface area contributed by atoms with Crippen LogP contribution in [0, 0.1) is 0 Å². The second-order valence-electron chi connectivity index (χ2n) is 9.95. The fourth-order valence-electron chi connectivity index (χ4n) is 4.63. The predicted octanol–water partition coefficient (Wildman–Crippen LogP) is 5.79. The fraction of sp³-hybridized carbons (Fsp3) is 0.355. The van der Waals surface area contributed by atoms with Gasteiger partial charge in [-0.05, 0) is 55.0 Å². The lowest BCUT2D eigenvalue weighted by Gasteiger charge is -2.31. The van der Waals surface area contributed by atoms with Gasteiger partial charge in [0.25, 0.3) is 5.91 Å². The molecule has 1 aliphatic heterocycles. The van der Waals surface area contributed by atoms with Crippen molar-refractivity contribution in [1.29, 1.82) is 0 Å². The lowest BCUT2D eigenvalue weighted by atomic mass is 9.85. The quantitative estimate of drug-likeness (QED) is 0.217. The number of carbonyl (C=O) groups excluding carboxylic acids is 1. The van der Waals surface area contributed by atoms with Gasteiger partial charge < -0.3 is 19.9 Å². The van der Waals surface area contributed by atoms with Crippen molar-refractivity contribution in [2.24, 2.45) is 4.99 Å². The minimum absolute atomic E-state index is 0.0276. The number of nitrogens with one attached hydrogen (secondary N) is 1. The second kappa shape index (κ2) is 14.4. The van der Waals surface area contributed by atoms with Crippen LogP contribution in [0.5, 0.6) is 5.75 Å². The second-order valence-corrected chi connectivity index (χ2v) is 12.9. The van der Waals surface area contributed by atoms with Gasteiger partial charge in [0, 0.05) is 47.2 Å². The van der Waals surface area contributed by atoms with Gasteiger partial charge in [0.2, 0.25) is 5.90 Å². The summed E-state index contributed by atoms with van der Waals surface area (Å²) in [5, 5.41) is 12.6. The van der Waals surface area contributed by atoms with Gasteiger partial charge in [0.1, 0.15) is 5.75 Å². The number of unbranched alkanes of at least 4 members (excludes halogenated alkanes) is 1. The first-order chi connectivity index (χ1) is 20.2. The van der Waals surface area contributed by atoms with E-state index in [9.17, 15) is 13.2 Å². The van der Waals surface area contributed by atoms with Gasteiger partial charge >= 0.3 is 0 Å². The molecule has 4 rings (SSSR count). The van der Waals surface area contributed by atoms with Crippen LogP contribution in [0.3, 0.4) is 0 Å². The van der Waals surface area contributed by atoms with Crippen LogP contribution < -0.4 is 10.1 Å². The molecular weight excluding hydrogens is 599 g/mol. The number of aliphatic imine (C=N–C) groups is 1. The number of hydrogen-bond donors (Lipinski definition) is 2. The average molecular weight is 634 g/mol. The number of aliphatic hydroxyl groups excluding tert-OH is 1. The smallest absolute Gasteiger partial charge is 0.252 e. The van der Waals surface area contributed by atoms with Crippen LogP contribution in [0.15, 0.2) is 82.7 Å². The summed E-state index contributed by atoms with van der Waals surface area (Å²) in [5.41, 5.74) is -0.598. The molecule has 2 atom stereocenters. The highest BCUT2D eigenvalue weighted by Crippen LogP contribution is 2.45. The van der Waals surface area contributed by atoms with Crippen LogP contribution in [0.25, 0.3) is 0 Å². The summed E-state index contributed by atoms with van der Waals surface area (Å²) < 4.78 is 38.8. The van der Waals surface area contributed by atoms with E-state index in [-0.39, 0.29) is 34.6 Å². The summed E-state index contributed by atoms with van der Waals surface area (Å²) in [4.78, 5) is 19.0. The van der Waals surface area contributed by atoms with Crippen molar-refractivity contribution in [2.45, 2.75) is 49.1 Å². The molecule has 42 heavy (non-hydrogen) atoms. The number of aliphatic hydroxyl groups is 1. The van der Waals surface area contributed by atoms with Crippen molar-refractivity contribution >= 4 is 44.8 Å². The first-order valence-electron chi connectivity index (χ1n) is 13.8. The zero-order valence-electron chi connectivity index (χ0n) is 23.3. The molecule has 3 aromatic rings. The molecule has 0 aromatic heterocycles. The molecule has 1 aliphatic rings. The molecule has 11 heteroatoms. The number of nitrogens with zero attached hydrogens (tertiary/aromatic N) is 1. The largest absolute Gasteiger partial charge is 0.494 e. The van der Waals surface area contributed by atoms with E-state index < -0.39 is 27.4 Å². The predicted molar refractivity (Wildman–Crippen MR) is 164 cm³/mol. The summed E-state index contributed by atoms with van der Waals surface area (Å²) in [6.07, 6.45) is 0.927. The van der Waals surface area contributed by atoms with Crippen LogP contribution in [0.1, 0.15) is 49.8 Å². The average Bonchev–Trinajstić information content (AvgIpc) is 3.38. The van der Waals surface area contributed by atoms with E-state index in [0.717, 1.165) is 12.8 Å². The summed E-state index contributed by atoms with van der Waals surface area (Å²) in [6, 6.07) is 20.0. The molecule has 8 nitrogen and oxygen atoms in total. The Bertz CT molecular complexity index is 1500. The maximum Gasteiger partial charge on any atom is 0.252 e. The topological polar surface area (TPSA) is 114 Å². The summed E-state index contributed by atoms with van der Waals surface area (Å²) in [5.74, 6) is -0.0250. The molecule has 3 aromatic carbocycles. The zero-order valence-corrected chi connectivity index (χ0v) is 25.6. The van der Waals surface area contributed by atoms with Crippen LogP contribution in [-0.4, -0.2) is 56.4 Å². The molecule has 1 amide bonds. The Morgan fingerprint density at radius 2 is 1.81 bits per heavy atom. The van der Waals surface area contributed by atoms with Crippen molar-refractivity contribution in [3.63, 3.8) is 0 Å². The van der Waals surface area contributed by atoms with Crippen LogP contribution >= 0.6 is 23.2 Å². The summed E-state index contributed by atoms with van der Waals surface area (Å²) in [6.45, 7) is 2.80. The van der Waals surface area contributed by atoms with E-state index in [1.165, 1.54) is 12.1 Å². The third kappa shape index (κ3) is 7.45. The van der Waals surface area contributed by atoms with Crippen LogP contribution in [0.4, 0.5) is 0 Å². The molecule has 1 heterocycles. The number of hydrogen-bond acceptors (Lipinski definition) is 7. The number of ether oxygens (including phenoxy) is 2. The van der Waals surface area contributed by atoms with Crippen molar-refractivity contribution < 1.29 is 27.8 Å². The molecule has 0 fully saturated rings. The Morgan fingerprint density at radius 3 is 2.48 bits per heavy atom. The van der Waals surface area contributed by atoms with Gasteiger partial charge in [0.05, 0.1) is 17.3 Å². The van der Waals surface area contributed by atoms with Crippen molar-refractivity contribution in [1.82, 2.24) is 5.32 Å². The Hall–Kier alpha value is -3.11. The summed E-state index contributed by atoms with van der Waals surface area (Å²) in [7, 11) is -3.76. The standard InChI is InChI=1S/C31H34Cl2N2O6S/c1-2-3-17-34-30(37)31(16-20-42(38,39)25-8-5-4-6-9-25)28(26-15-12-23(32)21-27(26)33)41-29(35-31)22-10-13-24(14-11-22)40-19-7-18-36/h4-6,8-15,21,28,36H,2-3,7,16-20H2,1H3,(H,34,37)/t28-,31-/m1/s1. The first-order valence-corrected chi connectivity index (χ1v) is 16.2. The van der Waals surface area contributed by atoms with Gasteiger partial charge in [-0.2, -0.15) is 0 Å². The monoisotopic (exact) mass is 632 g/mol. The van der Waals surface area contributed by atoms with E-state index in [1.807, 2.05) is 6.92 Å². The van der Waals surface area contributed by atoms with Crippen LogP contribution in [-0.2, 0) is 19.4 Å². The molecule has 0 spiro atoms. The molecule has 0 saturated heterocycles. The molecule has 0 bridgehead atoms. The van der Waals surface area contributed by atoms with E-state index in [2.05, 4.69) is 5.32 Å². The normalized spacial score (nSPS) is 18.3.